The molecule has 21 heteroatoms. The van der Waals surface area contributed by atoms with Gasteiger partial charge in [-0.1, -0.05) is 0 Å². The Balaban J connectivity index is 3.01. The standard InChI is InChI=1S/C10H18F2N3O13P3/c1-10(8(12)16,26-7(4-11)15-3-2-6(13)14-9(15)17)5-25-30(21,22)28-31(23,24)27-29(18,19)20/h2-3,7-8,16H,4-5H2,1H3,(H,21,22)(H,23,24)(H2,13,14,17)(H2,18,19,20)/t7-,8-,10-/m1/s1. The van der Waals surface area contributed by atoms with Gasteiger partial charge in [-0.05, 0) is 13.0 Å². The summed E-state index contributed by atoms with van der Waals surface area (Å²) in [5, 5.41) is 9.30. The van der Waals surface area contributed by atoms with Crippen LogP contribution in [-0.4, -0.2) is 59.5 Å². The lowest BCUT2D eigenvalue weighted by atomic mass is 10.1. The van der Waals surface area contributed by atoms with E-state index in [0.29, 0.717) is 11.5 Å². The molecule has 0 aromatic carbocycles. The van der Waals surface area contributed by atoms with Crippen molar-refractivity contribution in [2.45, 2.75) is 25.1 Å². The second kappa shape index (κ2) is 10.2. The van der Waals surface area contributed by atoms with Gasteiger partial charge < -0.3 is 35.2 Å². The van der Waals surface area contributed by atoms with Gasteiger partial charge in [-0.3, -0.25) is 9.09 Å². The lowest BCUT2D eigenvalue weighted by Crippen LogP contribution is -2.47. The zero-order chi connectivity index (χ0) is 24.3. The molecule has 0 bridgehead atoms. The maximum absolute atomic E-state index is 13.7. The van der Waals surface area contributed by atoms with Crippen molar-refractivity contribution < 1.29 is 65.0 Å². The first-order valence-corrected chi connectivity index (χ1v) is 12.1. The van der Waals surface area contributed by atoms with Gasteiger partial charge in [0.25, 0.3) is 0 Å². The summed E-state index contributed by atoms with van der Waals surface area (Å²) in [6.45, 7) is -2.27. The van der Waals surface area contributed by atoms with Crippen LogP contribution < -0.4 is 11.4 Å². The molecular formula is C10H18F2N3O13P3. The van der Waals surface area contributed by atoms with Crippen LogP contribution in [0.2, 0.25) is 0 Å². The van der Waals surface area contributed by atoms with Crippen LogP contribution in [0.25, 0.3) is 0 Å². The van der Waals surface area contributed by atoms with Gasteiger partial charge in [-0.25, -0.2) is 27.3 Å². The summed E-state index contributed by atoms with van der Waals surface area (Å²) in [6.07, 6.45) is -4.07. The van der Waals surface area contributed by atoms with E-state index in [0.717, 1.165) is 12.3 Å². The Morgan fingerprint density at radius 2 is 1.81 bits per heavy atom. The second-order valence-corrected chi connectivity index (χ2v) is 10.2. The van der Waals surface area contributed by atoms with Gasteiger partial charge in [0.1, 0.15) is 18.1 Å². The van der Waals surface area contributed by atoms with E-state index in [1.54, 1.807) is 0 Å². The molecule has 0 aliphatic heterocycles. The zero-order valence-electron chi connectivity index (χ0n) is 15.3. The normalized spacial score (nSPS) is 20.3. The van der Waals surface area contributed by atoms with Crippen LogP contribution >= 0.6 is 23.5 Å². The first kappa shape index (κ1) is 27.9. The average Bonchev–Trinajstić information content (AvgIpc) is 2.55. The van der Waals surface area contributed by atoms with E-state index >= 15 is 0 Å². The molecule has 1 aromatic heterocycles. The lowest BCUT2D eigenvalue weighted by Gasteiger charge is -2.33. The number of aliphatic hydroxyl groups excluding tert-OH is 1. The minimum absolute atomic E-state index is 0.236. The number of anilines is 1. The number of nitrogen functional groups attached to an aromatic ring is 1. The van der Waals surface area contributed by atoms with E-state index in [-0.39, 0.29) is 5.82 Å². The monoisotopic (exact) mass is 519 g/mol. The highest BCUT2D eigenvalue weighted by Crippen LogP contribution is 2.66. The number of aliphatic hydroxyl groups is 1. The Hall–Kier alpha value is -1.13. The van der Waals surface area contributed by atoms with Crippen LogP contribution in [0.15, 0.2) is 17.1 Å². The third kappa shape index (κ3) is 9.10. The van der Waals surface area contributed by atoms with Crippen molar-refractivity contribution in [3.63, 3.8) is 0 Å². The number of hydrogen-bond donors (Lipinski definition) is 6. The third-order valence-corrected chi connectivity index (χ3v) is 6.92. The van der Waals surface area contributed by atoms with Gasteiger partial charge in [0.05, 0.1) is 6.61 Å². The molecule has 16 nitrogen and oxygen atoms in total. The van der Waals surface area contributed by atoms with Crippen LogP contribution in [0.5, 0.6) is 0 Å². The number of nitrogens with zero attached hydrogens (tertiary/aromatic N) is 2. The topological polar surface area (TPSA) is 250 Å². The molecule has 5 atom stereocenters. The number of ether oxygens (including phenoxy) is 1. The van der Waals surface area contributed by atoms with E-state index in [1.165, 1.54) is 0 Å². The molecule has 31 heavy (non-hydrogen) atoms. The fraction of sp³-hybridized carbons (Fsp3) is 0.600. The number of halogens is 2. The van der Waals surface area contributed by atoms with Crippen molar-refractivity contribution in [3.8, 4) is 0 Å². The summed E-state index contributed by atoms with van der Waals surface area (Å²) in [5.74, 6) is -0.236. The molecule has 1 aromatic rings. The highest BCUT2D eigenvalue weighted by Gasteiger charge is 2.45. The Morgan fingerprint density at radius 3 is 2.26 bits per heavy atom. The average molecular weight is 519 g/mol. The number of aromatic nitrogens is 2. The first-order valence-electron chi connectivity index (χ1n) is 7.59. The minimum Gasteiger partial charge on any atom is -0.383 e. The number of phosphoric acid groups is 3. The molecule has 0 aliphatic rings. The van der Waals surface area contributed by atoms with Gasteiger partial charge in [0, 0.05) is 6.20 Å². The SMILES string of the molecule is C[C@](COP(=O)(O)OP(=O)(O)OP(=O)(O)O)(O[C@H](CF)n1ccc(N)nc1=O)[C@@H](O)F. The summed E-state index contributed by atoms with van der Waals surface area (Å²) >= 11 is 0. The second-order valence-electron chi connectivity index (χ2n) is 5.78. The smallest absolute Gasteiger partial charge is 0.383 e. The molecule has 0 spiro atoms. The predicted octanol–water partition coefficient (Wildman–Crippen LogP) is -0.300. The molecule has 0 radical (unpaired) electrons. The van der Waals surface area contributed by atoms with Crippen molar-refractivity contribution in [1.82, 2.24) is 9.55 Å². The van der Waals surface area contributed by atoms with E-state index in [4.69, 9.17) is 25.2 Å². The fourth-order valence-corrected chi connectivity index (χ4v) is 4.90. The Kier molecular flexibility index (Phi) is 9.19. The zero-order valence-corrected chi connectivity index (χ0v) is 18.0. The van der Waals surface area contributed by atoms with Crippen molar-refractivity contribution in [2.75, 3.05) is 19.0 Å². The Morgan fingerprint density at radius 1 is 1.23 bits per heavy atom. The van der Waals surface area contributed by atoms with Crippen LogP contribution in [-0.2, 0) is 31.6 Å². The molecule has 1 heterocycles. The molecular weight excluding hydrogens is 501 g/mol. The molecule has 2 unspecified atom stereocenters. The summed E-state index contributed by atoms with van der Waals surface area (Å²) in [4.78, 5) is 50.4. The van der Waals surface area contributed by atoms with Gasteiger partial charge in [0.2, 0.25) is 6.36 Å². The fourth-order valence-electron chi connectivity index (χ4n) is 1.79. The number of nitrogens with two attached hydrogens (primary N) is 1. The number of alkyl halides is 2. The Labute approximate surface area is 171 Å². The molecule has 0 saturated carbocycles. The molecule has 0 aliphatic carbocycles. The van der Waals surface area contributed by atoms with Gasteiger partial charge >= 0.3 is 29.2 Å². The van der Waals surface area contributed by atoms with Crippen molar-refractivity contribution in [1.29, 1.82) is 0 Å². The van der Waals surface area contributed by atoms with Gasteiger partial charge in [-0.15, -0.1) is 0 Å². The van der Waals surface area contributed by atoms with E-state index in [1.807, 2.05) is 0 Å². The van der Waals surface area contributed by atoms with Crippen LogP contribution in [0.1, 0.15) is 13.2 Å². The summed E-state index contributed by atoms with van der Waals surface area (Å²) < 4.78 is 77.2. The Bertz CT molecular complexity index is 970. The number of phosphoric ester groups is 1. The van der Waals surface area contributed by atoms with E-state index in [9.17, 15) is 37.3 Å². The largest absolute Gasteiger partial charge is 0.490 e. The van der Waals surface area contributed by atoms with Crippen LogP contribution in [0, 0.1) is 0 Å². The van der Waals surface area contributed by atoms with Crippen molar-refractivity contribution >= 4 is 29.3 Å². The quantitative estimate of drug-likeness (QED) is 0.194. The molecule has 0 amide bonds. The summed E-state index contributed by atoms with van der Waals surface area (Å²) in [5.41, 5.74) is 1.45. The number of rotatable bonds is 12. The van der Waals surface area contributed by atoms with Crippen LogP contribution in [0.4, 0.5) is 14.6 Å². The van der Waals surface area contributed by atoms with Crippen molar-refractivity contribution in [3.05, 3.63) is 22.7 Å². The highest BCUT2D eigenvalue weighted by molar-refractivity contribution is 7.66. The van der Waals surface area contributed by atoms with Gasteiger partial charge in [0.15, 0.2) is 6.23 Å². The lowest BCUT2D eigenvalue weighted by molar-refractivity contribution is -0.222. The maximum Gasteiger partial charge on any atom is 0.490 e. The van der Waals surface area contributed by atoms with Crippen molar-refractivity contribution in [2.24, 2.45) is 0 Å². The maximum atomic E-state index is 13.7. The number of hydrogen-bond acceptors (Lipinski definition) is 11. The minimum atomic E-state index is -5.86. The summed E-state index contributed by atoms with van der Waals surface area (Å²) in [7, 11) is -17.2. The van der Waals surface area contributed by atoms with E-state index < -0.39 is 60.6 Å². The van der Waals surface area contributed by atoms with Crippen LogP contribution in [0.3, 0.4) is 0 Å². The van der Waals surface area contributed by atoms with Gasteiger partial charge in [-0.2, -0.15) is 13.6 Å². The molecule has 7 N–H and O–H groups in total. The third-order valence-electron chi connectivity index (χ3n) is 3.13. The highest BCUT2D eigenvalue weighted by atomic mass is 31.3. The molecule has 0 saturated heterocycles. The summed E-state index contributed by atoms with van der Waals surface area (Å²) in [6, 6.07) is 1.06. The molecule has 180 valence electrons. The first-order chi connectivity index (χ1) is 13.9. The molecule has 1 rings (SSSR count). The van der Waals surface area contributed by atoms with E-state index in [2.05, 4.69) is 18.1 Å². The predicted molar refractivity (Wildman–Crippen MR) is 94.3 cm³/mol. The molecule has 0 fully saturated rings.